The topological polar surface area (TPSA) is 35.2 Å². The van der Waals surface area contributed by atoms with Crippen LogP contribution in [0, 0.1) is 12.8 Å². The molecule has 0 aromatic heterocycles. The summed E-state index contributed by atoms with van der Waals surface area (Å²) < 4.78 is 5.24. The summed E-state index contributed by atoms with van der Waals surface area (Å²) in [6.45, 7) is 7.21. The van der Waals surface area contributed by atoms with Gasteiger partial charge >= 0.3 is 0 Å². The van der Waals surface area contributed by atoms with Gasteiger partial charge in [-0.2, -0.15) is 0 Å². The summed E-state index contributed by atoms with van der Waals surface area (Å²) in [5, 5.41) is 0. The third-order valence-corrected chi connectivity index (χ3v) is 3.17. The molecule has 0 heterocycles. The van der Waals surface area contributed by atoms with E-state index in [4.69, 9.17) is 10.5 Å². The lowest BCUT2D eigenvalue weighted by Gasteiger charge is -2.19. The highest BCUT2D eigenvalue weighted by Crippen LogP contribution is 2.27. The average molecular weight is 207 g/mol. The van der Waals surface area contributed by atoms with E-state index in [1.165, 1.54) is 11.1 Å². The van der Waals surface area contributed by atoms with Gasteiger partial charge in [0, 0.05) is 0 Å². The second-order valence-corrected chi connectivity index (χ2v) is 4.23. The molecule has 0 aliphatic heterocycles. The monoisotopic (exact) mass is 207 g/mol. The minimum absolute atomic E-state index is 0.500. The van der Waals surface area contributed by atoms with Crippen molar-refractivity contribution in [3.8, 4) is 5.75 Å². The zero-order valence-electron chi connectivity index (χ0n) is 10.1. The fourth-order valence-electron chi connectivity index (χ4n) is 1.72. The minimum atomic E-state index is 0.500. The van der Waals surface area contributed by atoms with Crippen LogP contribution in [0.15, 0.2) is 18.2 Å². The Morgan fingerprint density at radius 2 is 2.00 bits per heavy atom. The van der Waals surface area contributed by atoms with Gasteiger partial charge in [-0.3, -0.25) is 0 Å². The number of aryl methyl sites for hydroxylation is 1. The number of methoxy groups -OCH3 is 1. The molecule has 2 unspecified atom stereocenters. The van der Waals surface area contributed by atoms with E-state index in [0.29, 0.717) is 11.8 Å². The lowest BCUT2D eigenvalue weighted by Crippen LogP contribution is -2.17. The van der Waals surface area contributed by atoms with Gasteiger partial charge in [-0.05, 0) is 42.5 Å². The zero-order chi connectivity index (χ0) is 11.4. The Labute approximate surface area is 92.4 Å². The fraction of sp³-hybridized carbons (Fsp3) is 0.538. The van der Waals surface area contributed by atoms with E-state index in [-0.39, 0.29) is 0 Å². The van der Waals surface area contributed by atoms with E-state index in [1.54, 1.807) is 7.11 Å². The Morgan fingerprint density at radius 3 is 2.47 bits per heavy atom. The first-order valence-corrected chi connectivity index (χ1v) is 5.44. The molecular weight excluding hydrogens is 186 g/mol. The molecule has 1 aromatic rings. The summed E-state index contributed by atoms with van der Waals surface area (Å²) in [5.74, 6) is 1.96. The lowest BCUT2D eigenvalue weighted by molar-refractivity contribution is 0.411. The van der Waals surface area contributed by atoms with Gasteiger partial charge in [0.15, 0.2) is 0 Å². The van der Waals surface area contributed by atoms with Crippen molar-refractivity contribution in [2.45, 2.75) is 26.7 Å². The van der Waals surface area contributed by atoms with E-state index in [0.717, 1.165) is 12.3 Å². The summed E-state index contributed by atoms with van der Waals surface area (Å²) in [6, 6.07) is 6.35. The van der Waals surface area contributed by atoms with Crippen LogP contribution in [-0.2, 0) is 0 Å². The maximum Gasteiger partial charge on any atom is 0.121 e. The number of rotatable bonds is 4. The molecule has 0 aliphatic rings. The van der Waals surface area contributed by atoms with Crippen molar-refractivity contribution in [1.29, 1.82) is 0 Å². The summed E-state index contributed by atoms with van der Waals surface area (Å²) >= 11 is 0. The number of nitrogens with two attached hydrogens (primary N) is 1. The minimum Gasteiger partial charge on any atom is -0.496 e. The highest BCUT2D eigenvalue weighted by atomic mass is 16.5. The largest absolute Gasteiger partial charge is 0.496 e. The molecular formula is C13H21NO. The van der Waals surface area contributed by atoms with Crippen LogP contribution >= 0.6 is 0 Å². The van der Waals surface area contributed by atoms with Crippen LogP contribution in [0.4, 0.5) is 0 Å². The first kappa shape index (κ1) is 12.1. The number of benzene rings is 1. The highest BCUT2D eigenvalue weighted by Gasteiger charge is 2.13. The highest BCUT2D eigenvalue weighted by molar-refractivity contribution is 5.37. The van der Waals surface area contributed by atoms with Crippen LogP contribution in [-0.4, -0.2) is 13.7 Å². The Morgan fingerprint density at radius 1 is 1.33 bits per heavy atom. The van der Waals surface area contributed by atoms with Crippen LogP contribution in [0.5, 0.6) is 5.75 Å². The normalized spacial score (nSPS) is 14.7. The van der Waals surface area contributed by atoms with Gasteiger partial charge in [0.25, 0.3) is 0 Å². The van der Waals surface area contributed by atoms with Gasteiger partial charge in [0.2, 0.25) is 0 Å². The molecule has 2 atom stereocenters. The van der Waals surface area contributed by atoms with Crippen LogP contribution in [0.3, 0.4) is 0 Å². The Balaban J connectivity index is 2.92. The van der Waals surface area contributed by atoms with Gasteiger partial charge in [-0.25, -0.2) is 0 Å². The fourth-order valence-corrected chi connectivity index (χ4v) is 1.72. The molecule has 1 aromatic carbocycles. The molecule has 0 radical (unpaired) electrons. The smallest absolute Gasteiger partial charge is 0.121 e. The summed E-state index contributed by atoms with van der Waals surface area (Å²) in [6.07, 6.45) is 0. The molecule has 0 aliphatic carbocycles. The van der Waals surface area contributed by atoms with Crippen molar-refractivity contribution in [2.75, 3.05) is 13.7 Å². The molecule has 15 heavy (non-hydrogen) atoms. The van der Waals surface area contributed by atoms with Crippen molar-refractivity contribution < 1.29 is 4.74 Å². The van der Waals surface area contributed by atoms with Crippen LogP contribution < -0.4 is 10.5 Å². The third kappa shape index (κ3) is 2.72. The van der Waals surface area contributed by atoms with Crippen molar-refractivity contribution in [2.24, 2.45) is 11.7 Å². The maximum atomic E-state index is 5.68. The van der Waals surface area contributed by atoms with Gasteiger partial charge in [-0.1, -0.05) is 26.0 Å². The number of hydrogen-bond donors (Lipinski definition) is 1. The molecule has 2 nitrogen and oxygen atoms in total. The Kier molecular flexibility index (Phi) is 4.15. The van der Waals surface area contributed by atoms with Crippen LogP contribution in [0.25, 0.3) is 0 Å². The summed E-state index contributed by atoms with van der Waals surface area (Å²) in [7, 11) is 1.70. The average Bonchev–Trinajstić information content (AvgIpc) is 2.26. The van der Waals surface area contributed by atoms with Gasteiger partial charge in [-0.15, -0.1) is 0 Å². The molecule has 0 amide bonds. The Hall–Kier alpha value is -1.02. The Bertz CT molecular complexity index is 322. The first-order valence-electron chi connectivity index (χ1n) is 5.44. The first-order chi connectivity index (χ1) is 7.10. The molecule has 84 valence electrons. The van der Waals surface area contributed by atoms with E-state index < -0.39 is 0 Å². The van der Waals surface area contributed by atoms with E-state index in [1.807, 2.05) is 6.07 Å². The molecule has 1 rings (SSSR count). The van der Waals surface area contributed by atoms with Gasteiger partial charge in [0.1, 0.15) is 5.75 Å². The molecule has 2 N–H and O–H groups in total. The lowest BCUT2D eigenvalue weighted by atomic mass is 9.88. The molecule has 0 fully saturated rings. The summed E-state index contributed by atoms with van der Waals surface area (Å²) in [5.41, 5.74) is 8.21. The quantitative estimate of drug-likeness (QED) is 0.824. The number of hydrogen-bond acceptors (Lipinski definition) is 2. The predicted molar refractivity (Wildman–Crippen MR) is 64.4 cm³/mol. The molecule has 0 saturated carbocycles. The van der Waals surface area contributed by atoms with Gasteiger partial charge in [0.05, 0.1) is 7.11 Å². The van der Waals surface area contributed by atoms with Crippen molar-refractivity contribution >= 4 is 0 Å². The standard InChI is InChI=1S/C13H21NO/c1-9-7-12(5-6-13(9)15-4)11(3)10(2)8-14/h5-7,10-11H,8,14H2,1-4H3. The molecule has 0 saturated heterocycles. The molecule has 0 spiro atoms. The predicted octanol–water partition coefficient (Wildman–Crippen LogP) is 2.70. The van der Waals surface area contributed by atoms with Crippen molar-refractivity contribution in [3.05, 3.63) is 29.3 Å². The van der Waals surface area contributed by atoms with E-state index >= 15 is 0 Å². The van der Waals surface area contributed by atoms with E-state index in [2.05, 4.69) is 32.9 Å². The van der Waals surface area contributed by atoms with Crippen LogP contribution in [0.1, 0.15) is 30.9 Å². The van der Waals surface area contributed by atoms with E-state index in [9.17, 15) is 0 Å². The van der Waals surface area contributed by atoms with Crippen molar-refractivity contribution in [1.82, 2.24) is 0 Å². The maximum absolute atomic E-state index is 5.68. The number of ether oxygens (including phenoxy) is 1. The third-order valence-electron chi connectivity index (χ3n) is 3.17. The van der Waals surface area contributed by atoms with Crippen molar-refractivity contribution in [3.63, 3.8) is 0 Å². The molecule has 0 bridgehead atoms. The zero-order valence-corrected chi connectivity index (χ0v) is 10.1. The van der Waals surface area contributed by atoms with Crippen LogP contribution in [0.2, 0.25) is 0 Å². The second kappa shape index (κ2) is 5.17. The SMILES string of the molecule is COc1ccc(C(C)C(C)CN)cc1C. The molecule has 2 heteroatoms. The second-order valence-electron chi connectivity index (χ2n) is 4.23. The summed E-state index contributed by atoms with van der Waals surface area (Å²) in [4.78, 5) is 0. The van der Waals surface area contributed by atoms with Gasteiger partial charge < -0.3 is 10.5 Å².